The van der Waals surface area contributed by atoms with Crippen LogP contribution in [0.1, 0.15) is 15.9 Å². The number of carbonyl (C=O) groups excluding carboxylic acids is 1. The fourth-order valence-electron chi connectivity index (χ4n) is 2.15. The summed E-state index contributed by atoms with van der Waals surface area (Å²) in [5.41, 5.74) is -9.03. The van der Waals surface area contributed by atoms with Gasteiger partial charge in [-0.3, -0.25) is 4.79 Å². The van der Waals surface area contributed by atoms with Crippen LogP contribution in [0.15, 0.2) is 41.7 Å². The molecule has 130 valence electrons. The third kappa shape index (κ3) is 2.32. The quantitative estimate of drug-likeness (QED) is 0.633. The summed E-state index contributed by atoms with van der Waals surface area (Å²) in [4.78, 5) is 10.6. The van der Waals surface area contributed by atoms with Crippen LogP contribution in [-0.2, 0) is 0 Å². The average molecular weight is 358 g/mol. The molecule has 24 heavy (non-hydrogen) atoms. The number of aldehydes is 1. The summed E-state index contributed by atoms with van der Waals surface area (Å²) in [6.07, 6.45) is -6.19. The average Bonchev–Trinajstić information content (AvgIpc) is 2.50. The van der Waals surface area contributed by atoms with Crippen molar-refractivity contribution in [2.75, 3.05) is 0 Å². The molecule has 2 nitrogen and oxygen atoms in total. The molecular formula is C14H6F8O2. The summed E-state index contributed by atoms with van der Waals surface area (Å²) in [5, 5.41) is 9.30. The predicted octanol–water partition coefficient (Wildman–Crippen LogP) is 4.27. The van der Waals surface area contributed by atoms with Crippen LogP contribution in [-0.4, -0.2) is 29.1 Å². The van der Waals surface area contributed by atoms with Crippen molar-refractivity contribution in [3.8, 4) is 0 Å². The third-order valence-corrected chi connectivity index (χ3v) is 3.34. The normalized spacial score (nSPS) is 28.4. The molecule has 1 aromatic carbocycles. The van der Waals surface area contributed by atoms with Gasteiger partial charge in [-0.2, -0.15) is 17.6 Å². The van der Waals surface area contributed by atoms with E-state index in [2.05, 4.69) is 0 Å². The number of allylic oxidation sites excluding steroid dienone is 2. The van der Waals surface area contributed by atoms with Crippen molar-refractivity contribution in [2.45, 2.75) is 17.7 Å². The maximum atomic E-state index is 14.1. The number of carbonyl (C=O) groups is 1. The zero-order valence-corrected chi connectivity index (χ0v) is 11.3. The smallest absolute Gasteiger partial charge is 0.353 e. The Bertz CT molecular complexity index is 762. The van der Waals surface area contributed by atoms with Crippen molar-refractivity contribution in [2.24, 2.45) is 0 Å². The summed E-state index contributed by atoms with van der Waals surface area (Å²) in [6, 6.07) is 3.24. The molecule has 0 aromatic heterocycles. The second kappa shape index (κ2) is 5.40. The number of hydrogen-bond donors (Lipinski definition) is 1. The van der Waals surface area contributed by atoms with Gasteiger partial charge in [0, 0.05) is 5.56 Å². The van der Waals surface area contributed by atoms with Crippen molar-refractivity contribution < 1.29 is 45.0 Å². The molecule has 0 bridgehead atoms. The van der Waals surface area contributed by atoms with Gasteiger partial charge in [0.15, 0.2) is 11.7 Å². The summed E-state index contributed by atoms with van der Waals surface area (Å²) in [5.74, 6) is -14.5. The first-order chi connectivity index (χ1) is 10.9. The SMILES string of the molecule is O=Cc1cccc(C2=C(F)C(F)(C(F)(F)F)C(F)=C(F)C2(O)F)c1. The van der Waals surface area contributed by atoms with E-state index < -0.39 is 46.3 Å². The Labute approximate surface area is 128 Å². The summed E-state index contributed by atoms with van der Waals surface area (Å²) >= 11 is 0. The molecule has 1 aromatic rings. The van der Waals surface area contributed by atoms with E-state index >= 15 is 0 Å². The number of alkyl halides is 5. The van der Waals surface area contributed by atoms with Crippen LogP contribution in [0.25, 0.3) is 5.57 Å². The summed E-state index contributed by atoms with van der Waals surface area (Å²) in [6.45, 7) is 0. The zero-order valence-electron chi connectivity index (χ0n) is 11.3. The Morgan fingerprint density at radius 2 is 1.58 bits per heavy atom. The minimum Gasteiger partial charge on any atom is -0.353 e. The lowest BCUT2D eigenvalue weighted by Gasteiger charge is -2.34. The van der Waals surface area contributed by atoms with Gasteiger partial charge in [-0.05, 0) is 11.6 Å². The Kier molecular flexibility index (Phi) is 4.08. The molecule has 2 atom stereocenters. The molecule has 2 unspecified atom stereocenters. The van der Waals surface area contributed by atoms with Crippen LogP contribution in [0.2, 0.25) is 0 Å². The number of hydrogen-bond acceptors (Lipinski definition) is 2. The second-order valence-electron chi connectivity index (χ2n) is 4.84. The highest BCUT2D eigenvalue weighted by Crippen LogP contribution is 2.57. The maximum Gasteiger partial charge on any atom is 0.435 e. The lowest BCUT2D eigenvalue weighted by molar-refractivity contribution is -0.216. The lowest BCUT2D eigenvalue weighted by atomic mass is 9.83. The van der Waals surface area contributed by atoms with Crippen LogP contribution >= 0.6 is 0 Å². The van der Waals surface area contributed by atoms with Crippen LogP contribution in [0.4, 0.5) is 35.1 Å². The molecule has 0 saturated carbocycles. The first kappa shape index (κ1) is 18.1. The molecular weight excluding hydrogens is 352 g/mol. The molecule has 2 rings (SSSR count). The van der Waals surface area contributed by atoms with Crippen molar-refractivity contribution in [1.82, 2.24) is 0 Å². The van der Waals surface area contributed by atoms with Crippen LogP contribution in [0.5, 0.6) is 0 Å². The van der Waals surface area contributed by atoms with Crippen LogP contribution in [0, 0.1) is 0 Å². The fourth-order valence-corrected chi connectivity index (χ4v) is 2.15. The lowest BCUT2D eigenvalue weighted by Crippen LogP contribution is -2.48. The molecule has 0 saturated heterocycles. The highest BCUT2D eigenvalue weighted by atomic mass is 19.4. The van der Waals surface area contributed by atoms with E-state index in [0.29, 0.717) is 12.1 Å². The number of benzene rings is 1. The largest absolute Gasteiger partial charge is 0.435 e. The van der Waals surface area contributed by atoms with Crippen LogP contribution in [0.3, 0.4) is 0 Å². The number of rotatable bonds is 2. The van der Waals surface area contributed by atoms with E-state index in [9.17, 15) is 45.0 Å². The standard InChI is InChI=1S/C14H6F8O2/c15-9-8(7-3-1-2-6(4-7)5-23)13(19,24)11(17)10(16)12(9,18)14(20,21)22/h1-5,24H. The molecule has 0 aliphatic heterocycles. The van der Waals surface area contributed by atoms with E-state index in [-0.39, 0.29) is 11.8 Å². The molecule has 10 heteroatoms. The van der Waals surface area contributed by atoms with Crippen molar-refractivity contribution >= 4 is 11.9 Å². The Balaban J connectivity index is 2.87. The molecule has 0 amide bonds. The highest BCUT2D eigenvalue weighted by Gasteiger charge is 2.70. The van der Waals surface area contributed by atoms with E-state index in [0.717, 1.165) is 12.1 Å². The van der Waals surface area contributed by atoms with Gasteiger partial charge in [0.1, 0.15) is 6.29 Å². The van der Waals surface area contributed by atoms with Gasteiger partial charge >= 0.3 is 11.8 Å². The van der Waals surface area contributed by atoms with Gasteiger partial charge in [0.2, 0.25) is 5.83 Å². The number of halogens is 8. The topological polar surface area (TPSA) is 37.3 Å². The van der Waals surface area contributed by atoms with Crippen molar-refractivity contribution in [3.05, 3.63) is 52.9 Å². The monoisotopic (exact) mass is 358 g/mol. The van der Waals surface area contributed by atoms with E-state index in [1.807, 2.05) is 0 Å². The van der Waals surface area contributed by atoms with Crippen LogP contribution < -0.4 is 0 Å². The Morgan fingerprint density at radius 3 is 2.08 bits per heavy atom. The summed E-state index contributed by atoms with van der Waals surface area (Å²) < 4.78 is 107. The summed E-state index contributed by atoms with van der Waals surface area (Å²) in [7, 11) is 0. The third-order valence-electron chi connectivity index (χ3n) is 3.34. The van der Waals surface area contributed by atoms with Gasteiger partial charge in [-0.25, -0.2) is 17.6 Å². The molecule has 1 N–H and O–H groups in total. The van der Waals surface area contributed by atoms with E-state index in [1.54, 1.807) is 0 Å². The van der Waals surface area contributed by atoms with E-state index in [4.69, 9.17) is 0 Å². The minimum absolute atomic E-state index is 0.126. The first-order valence-corrected chi connectivity index (χ1v) is 6.08. The molecule has 0 spiro atoms. The molecule has 1 aliphatic rings. The molecule has 0 fully saturated rings. The zero-order chi connectivity index (χ0) is 18.5. The maximum absolute atomic E-state index is 14.1. The minimum atomic E-state index is -6.32. The molecule has 0 heterocycles. The first-order valence-electron chi connectivity index (χ1n) is 6.08. The number of aliphatic hydroxyl groups is 1. The Hall–Kier alpha value is -2.23. The van der Waals surface area contributed by atoms with Gasteiger partial charge < -0.3 is 5.11 Å². The van der Waals surface area contributed by atoms with Gasteiger partial charge in [-0.15, -0.1) is 0 Å². The van der Waals surface area contributed by atoms with E-state index in [1.165, 1.54) is 0 Å². The second-order valence-corrected chi connectivity index (χ2v) is 4.84. The Morgan fingerprint density at radius 1 is 1.00 bits per heavy atom. The highest BCUT2D eigenvalue weighted by molar-refractivity contribution is 5.83. The van der Waals surface area contributed by atoms with Gasteiger partial charge in [-0.1, -0.05) is 18.2 Å². The van der Waals surface area contributed by atoms with Gasteiger partial charge in [0.05, 0.1) is 5.57 Å². The fraction of sp³-hybridized carbons (Fsp3) is 0.214. The van der Waals surface area contributed by atoms with Gasteiger partial charge in [0.25, 0.3) is 5.85 Å². The van der Waals surface area contributed by atoms with Crippen molar-refractivity contribution in [1.29, 1.82) is 0 Å². The predicted molar refractivity (Wildman–Crippen MR) is 65.1 cm³/mol. The van der Waals surface area contributed by atoms with Crippen molar-refractivity contribution in [3.63, 3.8) is 0 Å². The molecule has 0 radical (unpaired) electrons. The molecule has 1 aliphatic carbocycles.